The number of unbranched alkanes of at least 4 members (excludes halogenated alkanes) is 2. The monoisotopic (exact) mass is 289 g/mol. The van der Waals surface area contributed by atoms with Crippen molar-refractivity contribution in [2.45, 2.75) is 52.9 Å². The standard InChI is InChI=1S/C18H27NS/c1-4-7-11-19(12-8-5-2)17-14-20-18-13-15(6-3)9-10-16(17)18/h9-10,13-14H,4-8,11-12H2,1-3H3. The first-order valence-corrected chi connectivity index (χ1v) is 8.93. The van der Waals surface area contributed by atoms with Crippen molar-refractivity contribution < 1.29 is 0 Å². The van der Waals surface area contributed by atoms with Crippen molar-refractivity contribution in [2.75, 3.05) is 18.0 Å². The van der Waals surface area contributed by atoms with Gasteiger partial charge in [0.15, 0.2) is 0 Å². The minimum atomic E-state index is 1.12. The quantitative estimate of drug-likeness (QED) is 0.587. The van der Waals surface area contributed by atoms with Gasteiger partial charge in [-0.2, -0.15) is 0 Å². The topological polar surface area (TPSA) is 3.24 Å². The van der Waals surface area contributed by atoms with Crippen molar-refractivity contribution in [3.8, 4) is 0 Å². The van der Waals surface area contributed by atoms with Crippen molar-refractivity contribution in [2.24, 2.45) is 0 Å². The van der Waals surface area contributed by atoms with E-state index in [-0.39, 0.29) is 0 Å². The lowest BCUT2D eigenvalue weighted by atomic mass is 10.1. The predicted octanol–water partition coefficient (Wildman–Crippen LogP) is 5.87. The summed E-state index contributed by atoms with van der Waals surface area (Å²) in [6, 6.07) is 6.97. The Hall–Kier alpha value is -1.02. The van der Waals surface area contributed by atoms with Crippen LogP contribution in [0.4, 0.5) is 5.69 Å². The molecule has 0 unspecified atom stereocenters. The maximum Gasteiger partial charge on any atom is 0.0554 e. The van der Waals surface area contributed by atoms with Gasteiger partial charge in [0.2, 0.25) is 0 Å². The first-order chi connectivity index (χ1) is 9.80. The molecule has 0 atom stereocenters. The summed E-state index contributed by atoms with van der Waals surface area (Å²) in [7, 11) is 0. The van der Waals surface area contributed by atoms with Gasteiger partial charge in [-0.15, -0.1) is 11.3 Å². The number of thiophene rings is 1. The van der Waals surface area contributed by atoms with Gasteiger partial charge in [0.05, 0.1) is 5.69 Å². The second kappa shape index (κ2) is 7.68. The van der Waals surface area contributed by atoms with Crippen LogP contribution in [0.25, 0.3) is 10.1 Å². The van der Waals surface area contributed by atoms with Crippen molar-refractivity contribution in [3.63, 3.8) is 0 Å². The Morgan fingerprint density at radius 2 is 1.70 bits per heavy atom. The average molecular weight is 289 g/mol. The Bertz CT molecular complexity index is 521. The normalized spacial score (nSPS) is 11.2. The van der Waals surface area contributed by atoms with Crippen molar-refractivity contribution in [3.05, 3.63) is 29.1 Å². The van der Waals surface area contributed by atoms with Crippen LogP contribution in [0.1, 0.15) is 52.0 Å². The number of rotatable bonds is 8. The lowest BCUT2D eigenvalue weighted by molar-refractivity contribution is 0.680. The maximum atomic E-state index is 2.59. The molecule has 0 spiro atoms. The smallest absolute Gasteiger partial charge is 0.0554 e. The van der Waals surface area contributed by atoms with E-state index in [0.717, 1.165) is 6.42 Å². The van der Waals surface area contributed by atoms with Gasteiger partial charge in [0, 0.05) is 28.6 Å². The van der Waals surface area contributed by atoms with E-state index in [1.807, 2.05) is 11.3 Å². The highest BCUT2D eigenvalue weighted by molar-refractivity contribution is 7.17. The summed E-state index contributed by atoms with van der Waals surface area (Å²) in [6.45, 7) is 9.16. The van der Waals surface area contributed by atoms with Gasteiger partial charge in [-0.1, -0.05) is 45.7 Å². The summed E-state index contributed by atoms with van der Waals surface area (Å²) in [5.74, 6) is 0. The van der Waals surface area contributed by atoms with Crippen LogP contribution in [-0.4, -0.2) is 13.1 Å². The maximum absolute atomic E-state index is 2.59. The molecule has 2 heteroatoms. The molecule has 0 aliphatic heterocycles. The fraction of sp³-hybridized carbons (Fsp3) is 0.556. The summed E-state index contributed by atoms with van der Waals surface area (Å²) in [5, 5.41) is 3.80. The van der Waals surface area contributed by atoms with E-state index in [1.165, 1.54) is 60.1 Å². The van der Waals surface area contributed by atoms with E-state index in [9.17, 15) is 0 Å². The summed E-state index contributed by atoms with van der Waals surface area (Å²) < 4.78 is 1.44. The van der Waals surface area contributed by atoms with E-state index < -0.39 is 0 Å². The molecule has 2 rings (SSSR count). The number of hydrogen-bond donors (Lipinski definition) is 0. The van der Waals surface area contributed by atoms with Crippen LogP contribution in [0, 0.1) is 0 Å². The van der Waals surface area contributed by atoms with Gasteiger partial charge in [0.25, 0.3) is 0 Å². The van der Waals surface area contributed by atoms with Crippen LogP contribution in [0.5, 0.6) is 0 Å². The largest absolute Gasteiger partial charge is 0.370 e. The third-order valence-electron chi connectivity index (χ3n) is 3.93. The molecule has 0 saturated carbocycles. The number of aryl methyl sites for hydroxylation is 1. The van der Waals surface area contributed by atoms with E-state index in [1.54, 1.807) is 0 Å². The Kier molecular flexibility index (Phi) is 5.90. The molecule has 2 aromatic rings. The number of benzene rings is 1. The minimum Gasteiger partial charge on any atom is -0.370 e. The number of hydrogen-bond acceptors (Lipinski definition) is 2. The minimum absolute atomic E-state index is 1.12. The SMILES string of the molecule is CCCCN(CCCC)c1csc2cc(CC)ccc12. The summed E-state index contributed by atoms with van der Waals surface area (Å²) >= 11 is 1.90. The van der Waals surface area contributed by atoms with E-state index in [0.29, 0.717) is 0 Å². The summed E-state index contributed by atoms with van der Waals surface area (Å²) in [6.07, 6.45) is 6.23. The Labute approximate surface area is 127 Å². The van der Waals surface area contributed by atoms with Gasteiger partial charge < -0.3 is 4.90 Å². The van der Waals surface area contributed by atoms with Gasteiger partial charge >= 0.3 is 0 Å². The van der Waals surface area contributed by atoms with Crippen LogP contribution in [0.3, 0.4) is 0 Å². The van der Waals surface area contributed by atoms with Crippen LogP contribution in [0.2, 0.25) is 0 Å². The molecule has 0 amide bonds. The van der Waals surface area contributed by atoms with Crippen molar-refractivity contribution in [1.82, 2.24) is 0 Å². The number of nitrogens with zero attached hydrogens (tertiary/aromatic N) is 1. The molecular weight excluding hydrogens is 262 g/mol. The molecule has 1 nitrogen and oxygen atoms in total. The van der Waals surface area contributed by atoms with Crippen molar-refractivity contribution in [1.29, 1.82) is 0 Å². The third-order valence-corrected chi connectivity index (χ3v) is 4.86. The molecule has 1 aromatic heterocycles. The highest BCUT2D eigenvalue weighted by Gasteiger charge is 2.11. The number of anilines is 1. The Morgan fingerprint density at radius 1 is 1.00 bits per heavy atom. The van der Waals surface area contributed by atoms with Gasteiger partial charge in [0.1, 0.15) is 0 Å². The van der Waals surface area contributed by atoms with Gasteiger partial charge in [-0.3, -0.25) is 0 Å². The Morgan fingerprint density at radius 3 is 2.30 bits per heavy atom. The fourth-order valence-corrected chi connectivity index (χ4v) is 3.61. The highest BCUT2D eigenvalue weighted by atomic mass is 32.1. The Balaban J connectivity index is 2.27. The zero-order valence-electron chi connectivity index (χ0n) is 13.1. The predicted molar refractivity (Wildman–Crippen MR) is 93.2 cm³/mol. The fourth-order valence-electron chi connectivity index (χ4n) is 2.57. The first kappa shape index (κ1) is 15.4. The van der Waals surface area contributed by atoms with E-state index in [4.69, 9.17) is 0 Å². The molecule has 1 aromatic carbocycles. The lowest BCUT2D eigenvalue weighted by Gasteiger charge is -2.24. The highest BCUT2D eigenvalue weighted by Crippen LogP contribution is 2.34. The average Bonchev–Trinajstić information content (AvgIpc) is 2.90. The van der Waals surface area contributed by atoms with Crippen LogP contribution < -0.4 is 4.90 Å². The molecule has 0 fully saturated rings. The lowest BCUT2D eigenvalue weighted by Crippen LogP contribution is -2.25. The molecule has 0 N–H and O–H groups in total. The summed E-state index contributed by atoms with van der Waals surface area (Å²) in [4.78, 5) is 2.59. The molecule has 20 heavy (non-hydrogen) atoms. The second-order valence-electron chi connectivity index (χ2n) is 5.50. The zero-order chi connectivity index (χ0) is 14.4. The first-order valence-electron chi connectivity index (χ1n) is 8.05. The molecule has 0 saturated heterocycles. The summed E-state index contributed by atoms with van der Waals surface area (Å²) in [5.41, 5.74) is 2.90. The van der Waals surface area contributed by atoms with Crippen LogP contribution in [0.15, 0.2) is 23.6 Å². The molecule has 0 aliphatic rings. The molecular formula is C18H27NS. The van der Waals surface area contributed by atoms with Crippen LogP contribution in [-0.2, 0) is 6.42 Å². The van der Waals surface area contributed by atoms with E-state index in [2.05, 4.69) is 49.3 Å². The zero-order valence-corrected chi connectivity index (χ0v) is 13.9. The molecule has 110 valence electrons. The second-order valence-corrected chi connectivity index (χ2v) is 6.41. The molecule has 0 radical (unpaired) electrons. The van der Waals surface area contributed by atoms with Crippen molar-refractivity contribution >= 4 is 27.1 Å². The van der Waals surface area contributed by atoms with Crippen LogP contribution >= 0.6 is 11.3 Å². The van der Waals surface area contributed by atoms with E-state index >= 15 is 0 Å². The van der Waals surface area contributed by atoms with Gasteiger partial charge in [-0.25, -0.2) is 0 Å². The molecule has 1 heterocycles. The van der Waals surface area contributed by atoms with Gasteiger partial charge in [-0.05, 0) is 30.9 Å². The number of fused-ring (bicyclic) bond motifs is 1. The third kappa shape index (κ3) is 3.54. The molecule has 0 bridgehead atoms. The molecule has 0 aliphatic carbocycles.